The van der Waals surface area contributed by atoms with Gasteiger partial charge < -0.3 is 9.47 Å². The molecule has 30 heavy (non-hydrogen) atoms. The third-order valence-corrected chi connectivity index (χ3v) is 5.63. The van der Waals surface area contributed by atoms with E-state index in [9.17, 15) is 4.79 Å². The highest BCUT2D eigenvalue weighted by Gasteiger charge is 2.07. The number of amides is 1. The summed E-state index contributed by atoms with van der Waals surface area (Å²) in [5.41, 5.74) is 2.69. The zero-order valence-corrected chi connectivity index (χ0v) is 19.3. The van der Waals surface area contributed by atoms with E-state index in [0.29, 0.717) is 5.13 Å². The molecule has 0 aliphatic heterocycles. The molecule has 1 N–H and O–H groups in total. The molecule has 0 bridgehead atoms. The number of hydrogen-bond donors (Lipinski definition) is 1. The van der Waals surface area contributed by atoms with Crippen LogP contribution < -0.4 is 14.8 Å². The third-order valence-electron chi connectivity index (χ3n) is 4.25. The summed E-state index contributed by atoms with van der Waals surface area (Å²) in [7, 11) is 1.61. The summed E-state index contributed by atoms with van der Waals surface area (Å²) in [6, 6.07) is 13.4. The number of rotatable bonds is 9. The summed E-state index contributed by atoms with van der Waals surface area (Å²) in [5.74, 6) is 1.36. The first-order valence-electron chi connectivity index (χ1n) is 9.60. The molecule has 0 atom stereocenters. The maximum Gasteiger partial charge on any atom is 0.250 e. The molecule has 0 aliphatic rings. The van der Waals surface area contributed by atoms with Gasteiger partial charge >= 0.3 is 0 Å². The van der Waals surface area contributed by atoms with Crippen LogP contribution in [0.25, 0.3) is 17.3 Å². The van der Waals surface area contributed by atoms with Gasteiger partial charge in [0.2, 0.25) is 5.91 Å². The molecule has 0 aliphatic carbocycles. The fourth-order valence-electron chi connectivity index (χ4n) is 2.63. The van der Waals surface area contributed by atoms with Gasteiger partial charge in [0.25, 0.3) is 0 Å². The molecule has 7 heteroatoms. The minimum absolute atomic E-state index is 0.234. The maximum absolute atomic E-state index is 12.2. The summed E-state index contributed by atoms with van der Waals surface area (Å²) in [4.78, 5) is 16.7. The first kappa shape index (κ1) is 22.1. The predicted molar refractivity (Wildman–Crippen MR) is 126 cm³/mol. The summed E-state index contributed by atoms with van der Waals surface area (Å²) >= 11 is 4.83. The molecule has 0 radical (unpaired) electrons. The zero-order chi connectivity index (χ0) is 21.3. The van der Waals surface area contributed by atoms with E-state index in [0.717, 1.165) is 52.2 Å². The van der Waals surface area contributed by atoms with Crippen LogP contribution in [0.5, 0.6) is 11.5 Å². The van der Waals surface area contributed by atoms with Crippen molar-refractivity contribution in [2.24, 2.45) is 0 Å². The highest BCUT2D eigenvalue weighted by molar-refractivity contribution is 9.10. The van der Waals surface area contributed by atoms with Crippen molar-refractivity contribution >= 4 is 44.4 Å². The van der Waals surface area contributed by atoms with Crippen molar-refractivity contribution in [1.29, 1.82) is 0 Å². The predicted octanol–water partition coefficient (Wildman–Crippen LogP) is 6.41. The van der Waals surface area contributed by atoms with Crippen LogP contribution in [0.2, 0.25) is 0 Å². The van der Waals surface area contributed by atoms with E-state index in [4.69, 9.17) is 9.47 Å². The second kappa shape index (κ2) is 10.9. The number of aromatic nitrogens is 1. The van der Waals surface area contributed by atoms with Crippen molar-refractivity contribution in [3.63, 3.8) is 0 Å². The lowest BCUT2D eigenvalue weighted by Crippen LogP contribution is -2.07. The van der Waals surface area contributed by atoms with Gasteiger partial charge in [0.05, 0.1) is 23.9 Å². The highest BCUT2D eigenvalue weighted by atomic mass is 79.9. The molecule has 0 unspecified atom stereocenters. The molecule has 0 spiro atoms. The van der Waals surface area contributed by atoms with Crippen LogP contribution in [0, 0.1) is 0 Å². The molecule has 3 aromatic rings. The fourth-order valence-corrected chi connectivity index (χ4v) is 3.91. The lowest BCUT2D eigenvalue weighted by atomic mass is 10.2. The van der Waals surface area contributed by atoms with E-state index in [2.05, 4.69) is 33.2 Å². The van der Waals surface area contributed by atoms with Crippen molar-refractivity contribution in [2.45, 2.75) is 19.8 Å². The number of carbonyl (C=O) groups is 1. The van der Waals surface area contributed by atoms with Crippen LogP contribution in [0.15, 0.2) is 58.4 Å². The SMILES string of the molecule is CCCCOc1ccc(-c2csc(NC(=O)C=Cc3ccc(OC)c(Br)c3)n2)cc1. The fraction of sp³-hybridized carbons (Fsp3) is 0.217. The molecule has 0 saturated heterocycles. The van der Waals surface area contributed by atoms with Crippen molar-refractivity contribution < 1.29 is 14.3 Å². The number of thiazole rings is 1. The number of halogens is 1. The zero-order valence-electron chi connectivity index (χ0n) is 16.9. The van der Waals surface area contributed by atoms with Crippen molar-refractivity contribution in [1.82, 2.24) is 4.98 Å². The smallest absolute Gasteiger partial charge is 0.250 e. The van der Waals surface area contributed by atoms with E-state index in [1.165, 1.54) is 17.4 Å². The number of benzene rings is 2. The van der Waals surface area contributed by atoms with E-state index < -0.39 is 0 Å². The monoisotopic (exact) mass is 486 g/mol. The Labute approximate surface area is 188 Å². The second-order valence-corrected chi connectivity index (χ2v) is 8.19. The number of hydrogen-bond acceptors (Lipinski definition) is 5. The summed E-state index contributed by atoms with van der Waals surface area (Å²) in [5, 5.41) is 5.28. The number of nitrogens with zero attached hydrogens (tertiary/aromatic N) is 1. The van der Waals surface area contributed by atoms with Crippen LogP contribution >= 0.6 is 27.3 Å². The summed E-state index contributed by atoms with van der Waals surface area (Å²) < 4.78 is 11.7. The lowest BCUT2D eigenvalue weighted by Gasteiger charge is -2.05. The van der Waals surface area contributed by atoms with Gasteiger partial charge in [0.15, 0.2) is 5.13 Å². The van der Waals surface area contributed by atoms with Crippen LogP contribution in [0.3, 0.4) is 0 Å². The van der Waals surface area contributed by atoms with E-state index >= 15 is 0 Å². The van der Waals surface area contributed by atoms with Gasteiger partial charge in [-0.1, -0.05) is 19.4 Å². The Morgan fingerprint density at radius 2 is 2.03 bits per heavy atom. The average molecular weight is 487 g/mol. The highest BCUT2D eigenvalue weighted by Crippen LogP contribution is 2.27. The normalized spacial score (nSPS) is 10.9. The van der Waals surface area contributed by atoms with Crippen molar-refractivity contribution in [2.75, 3.05) is 19.0 Å². The Bertz CT molecular complexity index is 1020. The molecule has 0 fully saturated rings. The van der Waals surface area contributed by atoms with Gasteiger partial charge in [0, 0.05) is 17.0 Å². The maximum atomic E-state index is 12.2. The lowest BCUT2D eigenvalue weighted by molar-refractivity contribution is -0.111. The van der Waals surface area contributed by atoms with E-state index in [1.54, 1.807) is 13.2 Å². The van der Waals surface area contributed by atoms with Crippen LogP contribution in [0.4, 0.5) is 5.13 Å². The first-order valence-corrected chi connectivity index (χ1v) is 11.3. The summed E-state index contributed by atoms with van der Waals surface area (Å²) in [6.07, 6.45) is 5.38. The Kier molecular flexibility index (Phi) is 8.04. The number of nitrogens with one attached hydrogen (secondary N) is 1. The first-order chi connectivity index (χ1) is 14.6. The number of carbonyl (C=O) groups excluding carboxylic acids is 1. The van der Waals surface area contributed by atoms with Crippen LogP contribution in [0.1, 0.15) is 25.3 Å². The van der Waals surface area contributed by atoms with Gasteiger partial charge in [-0.15, -0.1) is 11.3 Å². The number of anilines is 1. The Hall–Kier alpha value is -2.64. The number of methoxy groups -OCH3 is 1. The Morgan fingerprint density at radius 3 is 2.73 bits per heavy atom. The van der Waals surface area contributed by atoms with Crippen molar-refractivity contribution in [3.8, 4) is 22.8 Å². The van der Waals surface area contributed by atoms with Crippen molar-refractivity contribution in [3.05, 3.63) is 64.0 Å². The largest absolute Gasteiger partial charge is 0.496 e. The van der Waals surface area contributed by atoms with Gasteiger partial charge in [-0.3, -0.25) is 10.1 Å². The van der Waals surface area contributed by atoms with Gasteiger partial charge in [0.1, 0.15) is 11.5 Å². The molecule has 1 amide bonds. The molecular formula is C23H23BrN2O3S. The van der Waals surface area contributed by atoms with Gasteiger partial charge in [-0.05, 0) is 70.4 Å². The molecule has 0 saturated carbocycles. The van der Waals surface area contributed by atoms with Crippen LogP contribution in [-0.2, 0) is 4.79 Å². The second-order valence-electron chi connectivity index (χ2n) is 6.48. The number of ether oxygens (including phenoxy) is 2. The van der Waals surface area contributed by atoms with Crippen LogP contribution in [-0.4, -0.2) is 24.6 Å². The quantitative estimate of drug-likeness (QED) is 0.280. The summed E-state index contributed by atoms with van der Waals surface area (Å²) in [6.45, 7) is 2.86. The molecule has 5 nitrogen and oxygen atoms in total. The minimum atomic E-state index is -0.234. The molecule has 2 aromatic carbocycles. The molecule has 156 valence electrons. The molecular weight excluding hydrogens is 464 g/mol. The van der Waals surface area contributed by atoms with E-state index in [-0.39, 0.29) is 5.91 Å². The average Bonchev–Trinajstić information content (AvgIpc) is 3.21. The molecule has 3 rings (SSSR count). The molecule has 1 aromatic heterocycles. The van der Waals surface area contributed by atoms with Gasteiger partial charge in [-0.2, -0.15) is 0 Å². The number of unbranched alkanes of at least 4 members (excludes halogenated alkanes) is 1. The minimum Gasteiger partial charge on any atom is -0.496 e. The Morgan fingerprint density at radius 1 is 1.23 bits per heavy atom. The molecule has 1 heterocycles. The topological polar surface area (TPSA) is 60.5 Å². The standard InChI is InChI=1S/C23H23BrN2O3S/c1-3-4-13-29-18-9-7-17(8-10-18)20-15-30-23(25-20)26-22(27)12-6-16-5-11-21(28-2)19(24)14-16/h5-12,14-15H,3-4,13H2,1-2H3,(H,25,26,27). The van der Waals surface area contributed by atoms with E-state index in [1.807, 2.05) is 47.8 Å². The Balaban J connectivity index is 1.58. The van der Waals surface area contributed by atoms with Gasteiger partial charge in [-0.25, -0.2) is 4.98 Å². The third kappa shape index (κ3) is 6.18.